The molecule has 0 bridgehead atoms. The second-order valence-electron chi connectivity index (χ2n) is 8.12. The van der Waals surface area contributed by atoms with Gasteiger partial charge >= 0.3 is 0 Å². The van der Waals surface area contributed by atoms with Crippen molar-refractivity contribution in [3.05, 3.63) is 90.0 Å². The van der Waals surface area contributed by atoms with Crippen molar-refractivity contribution >= 4 is 23.2 Å². The minimum absolute atomic E-state index is 0.109. The SMILES string of the molecule is C/C(CC(=O)Nc1ccc(C(C)C)cc1)=N\NC(=O)Cc1ccc(-c2ccccc2)cc1. The molecule has 164 valence electrons. The summed E-state index contributed by atoms with van der Waals surface area (Å²) in [5.41, 5.74) is 8.18. The number of hydrazone groups is 1. The highest BCUT2D eigenvalue weighted by molar-refractivity contribution is 6.05. The van der Waals surface area contributed by atoms with E-state index in [-0.39, 0.29) is 24.7 Å². The molecular formula is C27H29N3O2. The number of benzene rings is 3. The maximum absolute atomic E-state index is 12.2. The molecule has 3 aromatic carbocycles. The van der Waals surface area contributed by atoms with E-state index < -0.39 is 0 Å². The van der Waals surface area contributed by atoms with Gasteiger partial charge in [-0.1, -0.05) is 80.6 Å². The highest BCUT2D eigenvalue weighted by Crippen LogP contribution is 2.19. The Balaban J connectivity index is 1.46. The minimum Gasteiger partial charge on any atom is -0.326 e. The number of amides is 2. The first-order valence-electron chi connectivity index (χ1n) is 10.8. The van der Waals surface area contributed by atoms with E-state index in [4.69, 9.17) is 0 Å². The standard InChI is InChI=1S/C27H29N3O2/c1-19(2)22-13-15-25(16-14-22)28-26(31)17-20(3)29-30-27(32)18-21-9-11-24(12-10-21)23-7-5-4-6-8-23/h4-16,19H,17-18H2,1-3H3,(H,28,31)(H,30,32)/b29-20+. The zero-order valence-corrected chi connectivity index (χ0v) is 18.8. The Morgan fingerprint density at radius 2 is 1.44 bits per heavy atom. The predicted octanol–water partition coefficient (Wildman–Crippen LogP) is 5.54. The van der Waals surface area contributed by atoms with Gasteiger partial charge in [0, 0.05) is 11.4 Å². The van der Waals surface area contributed by atoms with Gasteiger partial charge in [0.25, 0.3) is 0 Å². The summed E-state index contributed by atoms with van der Waals surface area (Å²) < 4.78 is 0. The Labute approximate surface area is 189 Å². The zero-order valence-electron chi connectivity index (χ0n) is 18.8. The van der Waals surface area contributed by atoms with Crippen LogP contribution in [0.1, 0.15) is 44.2 Å². The summed E-state index contributed by atoms with van der Waals surface area (Å²) in [5.74, 6) is 0.0512. The number of hydrogen-bond donors (Lipinski definition) is 2. The van der Waals surface area contributed by atoms with Crippen molar-refractivity contribution in [2.45, 2.75) is 39.5 Å². The van der Waals surface area contributed by atoms with Crippen LogP contribution in [0.15, 0.2) is 84.0 Å². The van der Waals surface area contributed by atoms with Gasteiger partial charge in [0.2, 0.25) is 11.8 Å². The van der Waals surface area contributed by atoms with Crippen molar-refractivity contribution < 1.29 is 9.59 Å². The summed E-state index contributed by atoms with van der Waals surface area (Å²) in [6, 6.07) is 25.8. The summed E-state index contributed by atoms with van der Waals surface area (Å²) in [5, 5.41) is 6.91. The third-order valence-electron chi connectivity index (χ3n) is 5.07. The molecule has 0 aliphatic rings. The van der Waals surface area contributed by atoms with E-state index in [1.54, 1.807) is 6.92 Å². The first-order chi connectivity index (χ1) is 15.4. The van der Waals surface area contributed by atoms with Gasteiger partial charge < -0.3 is 5.32 Å². The van der Waals surface area contributed by atoms with E-state index >= 15 is 0 Å². The molecule has 0 atom stereocenters. The average Bonchev–Trinajstić information content (AvgIpc) is 2.79. The summed E-state index contributed by atoms with van der Waals surface area (Å²) >= 11 is 0. The molecule has 0 aliphatic carbocycles. The number of rotatable bonds is 8. The van der Waals surface area contributed by atoms with Crippen LogP contribution < -0.4 is 10.7 Å². The van der Waals surface area contributed by atoms with Crippen LogP contribution in [0.2, 0.25) is 0 Å². The van der Waals surface area contributed by atoms with E-state index in [0.717, 1.165) is 22.4 Å². The van der Waals surface area contributed by atoms with E-state index in [1.807, 2.05) is 66.7 Å². The number of carbonyl (C=O) groups is 2. The highest BCUT2D eigenvalue weighted by atomic mass is 16.2. The quantitative estimate of drug-likeness (QED) is 0.366. The van der Waals surface area contributed by atoms with Crippen LogP contribution in [0.4, 0.5) is 5.69 Å². The van der Waals surface area contributed by atoms with Gasteiger partial charge in [-0.3, -0.25) is 9.59 Å². The van der Waals surface area contributed by atoms with Gasteiger partial charge in [0.1, 0.15) is 0 Å². The van der Waals surface area contributed by atoms with E-state index in [1.165, 1.54) is 5.56 Å². The maximum Gasteiger partial charge on any atom is 0.244 e. The number of nitrogens with zero attached hydrogens (tertiary/aromatic N) is 1. The maximum atomic E-state index is 12.2. The van der Waals surface area contributed by atoms with Crippen LogP contribution in [-0.4, -0.2) is 17.5 Å². The van der Waals surface area contributed by atoms with Gasteiger partial charge in [-0.05, 0) is 47.2 Å². The summed E-state index contributed by atoms with van der Waals surface area (Å²) in [4.78, 5) is 24.4. The largest absolute Gasteiger partial charge is 0.326 e. The Kier molecular flexibility index (Phi) is 7.92. The molecule has 0 fully saturated rings. The van der Waals surface area contributed by atoms with Crippen molar-refractivity contribution in [3.63, 3.8) is 0 Å². The first kappa shape index (κ1) is 22.9. The molecule has 0 aromatic heterocycles. The molecule has 0 saturated heterocycles. The lowest BCUT2D eigenvalue weighted by Crippen LogP contribution is -2.22. The van der Waals surface area contributed by atoms with Gasteiger partial charge in [0.15, 0.2) is 0 Å². The molecule has 0 spiro atoms. The number of hydrogen-bond acceptors (Lipinski definition) is 3. The van der Waals surface area contributed by atoms with Crippen molar-refractivity contribution in [2.24, 2.45) is 5.10 Å². The lowest BCUT2D eigenvalue weighted by Gasteiger charge is -2.08. The lowest BCUT2D eigenvalue weighted by molar-refractivity contribution is -0.120. The molecule has 0 unspecified atom stereocenters. The Morgan fingerprint density at radius 1 is 0.812 bits per heavy atom. The van der Waals surface area contributed by atoms with E-state index in [2.05, 4.69) is 41.8 Å². The molecule has 3 rings (SSSR count). The molecule has 0 heterocycles. The Bertz CT molecular complexity index is 1070. The van der Waals surface area contributed by atoms with Crippen LogP contribution in [0, 0.1) is 0 Å². The molecule has 2 N–H and O–H groups in total. The molecule has 0 saturated carbocycles. The van der Waals surface area contributed by atoms with Crippen molar-refractivity contribution in [2.75, 3.05) is 5.32 Å². The smallest absolute Gasteiger partial charge is 0.244 e. The fourth-order valence-electron chi connectivity index (χ4n) is 3.26. The van der Waals surface area contributed by atoms with E-state index in [9.17, 15) is 9.59 Å². The van der Waals surface area contributed by atoms with Gasteiger partial charge in [0.05, 0.1) is 12.8 Å². The van der Waals surface area contributed by atoms with Crippen LogP contribution in [0.5, 0.6) is 0 Å². The fourth-order valence-corrected chi connectivity index (χ4v) is 3.26. The molecular weight excluding hydrogens is 398 g/mol. The van der Waals surface area contributed by atoms with Crippen molar-refractivity contribution in [3.8, 4) is 11.1 Å². The first-order valence-corrected chi connectivity index (χ1v) is 10.8. The molecule has 32 heavy (non-hydrogen) atoms. The molecule has 2 amide bonds. The summed E-state index contributed by atoms with van der Waals surface area (Å²) in [6.45, 7) is 5.97. The predicted molar refractivity (Wildman–Crippen MR) is 131 cm³/mol. The topological polar surface area (TPSA) is 70.6 Å². The number of anilines is 1. The van der Waals surface area contributed by atoms with Gasteiger partial charge in [-0.25, -0.2) is 5.43 Å². The molecule has 5 heteroatoms. The van der Waals surface area contributed by atoms with Crippen LogP contribution >= 0.6 is 0 Å². The number of carbonyl (C=O) groups excluding carboxylic acids is 2. The lowest BCUT2D eigenvalue weighted by atomic mass is 10.0. The third-order valence-corrected chi connectivity index (χ3v) is 5.07. The second kappa shape index (κ2) is 11.0. The minimum atomic E-state index is -0.221. The average molecular weight is 428 g/mol. The Morgan fingerprint density at radius 3 is 2.06 bits per heavy atom. The summed E-state index contributed by atoms with van der Waals surface area (Å²) in [6.07, 6.45) is 0.332. The molecule has 3 aromatic rings. The van der Waals surface area contributed by atoms with Gasteiger partial charge in [-0.2, -0.15) is 5.10 Å². The van der Waals surface area contributed by atoms with E-state index in [0.29, 0.717) is 11.6 Å². The van der Waals surface area contributed by atoms with Crippen LogP contribution in [0.25, 0.3) is 11.1 Å². The van der Waals surface area contributed by atoms with Crippen LogP contribution in [-0.2, 0) is 16.0 Å². The summed E-state index contributed by atoms with van der Waals surface area (Å²) in [7, 11) is 0. The fraction of sp³-hybridized carbons (Fsp3) is 0.222. The normalized spacial score (nSPS) is 11.3. The molecule has 0 radical (unpaired) electrons. The van der Waals surface area contributed by atoms with Crippen molar-refractivity contribution in [1.29, 1.82) is 0 Å². The van der Waals surface area contributed by atoms with Crippen LogP contribution in [0.3, 0.4) is 0 Å². The Hall–Kier alpha value is -3.73. The molecule has 0 aliphatic heterocycles. The second-order valence-corrected chi connectivity index (χ2v) is 8.12. The molecule has 5 nitrogen and oxygen atoms in total. The number of nitrogens with one attached hydrogen (secondary N) is 2. The zero-order chi connectivity index (χ0) is 22.9. The third kappa shape index (κ3) is 6.91. The van der Waals surface area contributed by atoms with Crippen molar-refractivity contribution in [1.82, 2.24) is 5.43 Å². The van der Waals surface area contributed by atoms with Gasteiger partial charge in [-0.15, -0.1) is 0 Å². The monoisotopic (exact) mass is 427 g/mol. The highest BCUT2D eigenvalue weighted by Gasteiger charge is 2.07.